The molecule has 1 aromatic carbocycles. The molecule has 5 heteroatoms. The van der Waals surface area contributed by atoms with E-state index < -0.39 is 0 Å². The molecule has 2 heterocycles. The Morgan fingerprint density at radius 1 is 1.31 bits per heavy atom. The third-order valence-electron chi connectivity index (χ3n) is 5.74. The SMILES string of the molecule is COc1ccc(NC(=O)CCC2CCCN(C3CCSCC3)C2)c(C)c1. The number of hydrogen-bond donors (Lipinski definition) is 1. The summed E-state index contributed by atoms with van der Waals surface area (Å²) in [4.78, 5) is 15.1. The summed E-state index contributed by atoms with van der Waals surface area (Å²) >= 11 is 2.09. The van der Waals surface area contributed by atoms with Gasteiger partial charge in [-0.3, -0.25) is 4.79 Å². The van der Waals surface area contributed by atoms with Gasteiger partial charge in [0.05, 0.1) is 7.11 Å². The van der Waals surface area contributed by atoms with Crippen LogP contribution in [0.2, 0.25) is 0 Å². The van der Waals surface area contributed by atoms with Crippen molar-refractivity contribution in [3.8, 4) is 5.75 Å². The van der Waals surface area contributed by atoms with Crippen LogP contribution >= 0.6 is 11.8 Å². The number of thioether (sulfide) groups is 1. The number of amides is 1. The number of aryl methyl sites for hydroxylation is 1. The van der Waals surface area contributed by atoms with Crippen LogP contribution < -0.4 is 10.1 Å². The molecule has 0 aromatic heterocycles. The minimum absolute atomic E-state index is 0.129. The molecule has 0 spiro atoms. The number of piperidine rings is 1. The molecule has 0 bridgehead atoms. The van der Waals surface area contributed by atoms with Crippen LogP contribution in [0.5, 0.6) is 5.75 Å². The van der Waals surface area contributed by atoms with Gasteiger partial charge in [-0.15, -0.1) is 0 Å². The number of benzene rings is 1. The highest BCUT2D eigenvalue weighted by Gasteiger charge is 2.27. The van der Waals surface area contributed by atoms with Crippen LogP contribution in [0.25, 0.3) is 0 Å². The fourth-order valence-electron chi connectivity index (χ4n) is 4.17. The van der Waals surface area contributed by atoms with E-state index in [0.717, 1.165) is 29.5 Å². The van der Waals surface area contributed by atoms with Crippen molar-refractivity contribution in [1.82, 2.24) is 4.90 Å². The number of methoxy groups -OCH3 is 1. The van der Waals surface area contributed by atoms with Gasteiger partial charge in [-0.05, 0) is 86.8 Å². The first kappa shape index (κ1) is 19.6. The monoisotopic (exact) mass is 376 g/mol. The van der Waals surface area contributed by atoms with Crippen molar-refractivity contribution in [2.75, 3.05) is 37.0 Å². The smallest absolute Gasteiger partial charge is 0.224 e. The highest BCUT2D eigenvalue weighted by Crippen LogP contribution is 2.28. The van der Waals surface area contributed by atoms with Gasteiger partial charge in [0.25, 0.3) is 0 Å². The molecule has 1 unspecified atom stereocenters. The first-order chi connectivity index (χ1) is 12.7. The van der Waals surface area contributed by atoms with Crippen molar-refractivity contribution >= 4 is 23.4 Å². The standard InChI is InChI=1S/C21H32N2O2S/c1-16-14-19(25-2)6-7-20(16)22-21(24)8-5-17-4-3-11-23(15-17)18-9-12-26-13-10-18/h6-7,14,17-18H,3-5,8-13,15H2,1-2H3,(H,22,24). The second kappa shape index (κ2) is 9.65. The average Bonchev–Trinajstić information content (AvgIpc) is 2.69. The van der Waals surface area contributed by atoms with Gasteiger partial charge >= 0.3 is 0 Å². The molecule has 2 fully saturated rings. The fraction of sp³-hybridized carbons (Fsp3) is 0.667. The number of ether oxygens (including phenoxy) is 1. The summed E-state index contributed by atoms with van der Waals surface area (Å²) in [5, 5.41) is 3.06. The second-order valence-electron chi connectivity index (χ2n) is 7.61. The van der Waals surface area contributed by atoms with Crippen molar-refractivity contribution in [2.45, 2.75) is 51.5 Å². The molecule has 1 aromatic rings. The molecule has 2 aliphatic heterocycles. The molecular formula is C21H32N2O2S. The first-order valence-corrected chi connectivity index (χ1v) is 11.1. The lowest BCUT2D eigenvalue weighted by Gasteiger charge is -2.40. The molecule has 144 valence electrons. The summed E-state index contributed by atoms with van der Waals surface area (Å²) in [6, 6.07) is 6.56. The summed E-state index contributed by atoms with van der Waals surface area (Å²) in [6.45, 7) is 4.44. The Hall–Kier alpha value is -1.20. The largest absolute Gasteiger partial charge is 0.497 e. The summed E-state index contributed by atoms with van der Waals surface area (Å²) in [7, 11) is 1.66. The molecule has 3 rings (SSSR count). The average molecular weight is 377 g/mol. The lowest BCUT2D eigenvalue weighted by molar-refractivity contribution is -0.116. The Kier molecular flexibility index (Phi) is 7.26. The third-order valence-corrected chi connectivity index (χ3v) is 6.79. The number of carbonyl (C=O) groups is 1. The molecule has 0 saturated carbocycles. The summed E-state index contributed by atoms with van der Waals surface area (Å²) in [5.41, 5.74) is 1.93. The Morgan fingerprint density at radius 3 is 2.85 bits per heavy atom. The van der Waals surface area contributed by atoms with Gasteiger partial charge in [0.2, 0.25) is 5.91 Å². The van der Waals surface area contributed by atoms with Crippen molar-refractivity contribution in [2.24, 2.45) is 5.92 Å². The molecule has 0 radical (unpaired) electrons. The normalized spacial score (nSPS) is 22.2. The maximum absolute atomic E-state index is 12.4. The van der Waals surface area contributed by atoms with E-state index in [4.69, 9.17) is 4.74 Å². The molecule has 26 heavy (non-hydrogen) atoms. The fourth-order valence-corrected chi connectivity index (χ4v) is 5.25. The van der Waals surface area contributed by atoms with E-state index in [1.165, 1.54) is 50.3 Å². The Labute approximate surface area is 162 Å². The van der Waals surface area contributed by atoms with Crippen LogP contribution in [0.1, 0.15) is 44.1 Å². The highest BCUT2D eigenvalue weighted by atomic mass is 32.2. The maximum atomic E-state index is 12.4. The molecule has 2 saturated heterocycles. The molecule has 4 nitrogen and oxygen atoms in total. The number of hydrogen-bond acceptors (Lipinski definition) is 4. The van der Waals surface area contributed by atoms with Gasteiger partial charge in [-0.1, -0.05) is 0 Å². The van der Waals surface area contributed by atoms with E-state index >= 15 is 0 Å². The number of rotatable bonds is 6. The maximum Gasteiger partial charge on any atom is 0.224 e. The van der Waals surface area contributed by atoms with Gasteiger partial charge in [0.1, 0.15) is 5.75 Å². The van der Waals surface area contributed by atoms with E-state index in [9.17, 15) is 4.79 Å². The lowest BCUT2D eigenvalue weighted by Crippen LogP contribution is -2.44. The molecule has 1 amide bonds. The number of nitrogens with one attached hydrogen (secondary N) is 1. The van der Waals surface area contributed by atoms with Crippen LogP contribution in [0, 0.1) is 12.8 Å². The third kappa shape index (κ3) is 5.40. The molecule has 1 atom stereocenters. The first-order valence-electron chi connectivity index (χ1n) is 9.92. The zero-order valence-corrected chi connectivity index (χ0v) is 16.9. The van der Waals surface area contributed by atoms with Crippen LogP contribution in [0.4, 0.5) is 5.69 Å². The Bertz CT molecular complexity index is 602. The van der Waals surface area contributed by atoms with E-state index in [0.29, 0.717) is 12.3 Å². The van der Waals surface area contributed by atoms with Gasteiger partial charge in [-0.2, -0.15) is 11.8 Å². The topological polar surface area (TPSA) is 41.6 Å². The predicted molar refractivity (Wildman–Crippen MR) is 110 cm³/mol. The molecule has 1 N–H and O–H groups in total. The summed E-state index contributed by atoms with van der Waals surface area (Å²) < 4.78 is 5.22. The van der Waals surface area contributed by atoms with Crippen LogP contribution in [-0.2, 0) is 4.79 Å². The van der Waals surface area contributed by atoms with E-state index in [-0.39, 0.29) is 5.91 Å². The van der Waals surface area contributed by atoms with Crippen molar-refractivity contribution in [3.05, 3.63) is 23.8 Å². The second-order valence-corrected chi connectivity index (χ2v) is 8.84. The zero-order chi connectivity index (χ0) is 18.4. The summed E-state index contributed by atoms with van der Waals surface area (Å²) in [5.74, 6) is 4.25. The highest BCUT2D eigenvalue weighted by molar-refractivity contribution is 7.99. The van der Waals surface area contributed by atoms with Crippen LogP contribution in [-0.4, -0.2) is 48.6 Å². The minimum Gasteiger partial charge on any atom is -0.497 e. The van der Waals surface area contributed by atoms with Gasteiger partial charge in [0, 0.05) is 24.7 Å². The minimum atomic E-state index is 0.129. The zero-order valence-electron chi connectivity index (χ0n) is 16.1. The van der Waals surface area contributed by atoms with E-state index in [2.05, 4.69) is 22.0 Å². The Balaban J connectivity index is 1.45. The van der Waals surface area contributed by atoms with Gasteiger partial charge in [0.15, 0.2) is 0 Å². The molecule has 0 aliphatic carbocycles. The predicted octanol–water partition coefficient (Wildman–Crippen LogP) is 4.33. The number of nitrogens with zero attached hydrogens (tertiary/aromatic N) is 1. The number of carbonyl (C=O) groups excluding carboxylic acids is 1. The van der Waals surface area contributed by atoms with E-state index in [1.807, 2.05) is 25.1 Å². The molecular weight excluding hydrogens is 344 g/mol. The van der Waals surface area contributed by atoms with Gasteiger partial charge < -0.3 is 15.0 Å². The molecule has 2 aliphatic rings. The lowest BCUT2D eigenvalue weighted by atomic mass is 9.91. The van der Waals surface area contributed by atoms with Crippen LogP contribution in [0.3, 0.4) is 0 Å². The van der Waals surface area contributed by atoms with E-state index in [1.54, 1.807) is 7.11 Å². The summed E-state index contributed by atoms with van der Waals surface area (Å²) in [6.07, 6.45) is 6.85. The van der Waals surface area contributed by atoms with Crippen molar-refractivity contribution in [3.63, 3.8) is 0 Å². The quantitative estimate of drug-likeness (QED) is 0.802. The number of anilines is 1. The van der Waals surface area contributed by atoms with Gasteiger partial charge in [-0.25, -0.2) is 0 Å². The van der Waals surface area contributed by atoms with Crippen LogP contribution in [0.15, 0.2) is 18.2 Å². The van der Waals surface area contributed by atoms with Crippen molar-refractivity contribution in [1.29, 1.82) is 0 Å². The Morgan fingerprint density at radius 2 is 2.12 bits per heavy atom. The van der Waals surface area contributed by atoms with Crippen molar-refractivity contribution < 1.29 is 9.53 Å². The number of likely N-dealkylation sites (tertiary alicyclic amines) is 1.